The van der Waals surface area contributed by atoms with E-state index in [0.717, 1.165) is 6.42 Å². The van der Waals surface area contributed by atoms with Crippen molar-refractivity contribution in [1.29, 1.82) is 0 Å². The predicted molar refractivity (Wildman–Crippen MR) is 60.5 cm³/mol. The molecule has 1 aromatic rings. The molecule has 0 aromatic heterocycles. The van der Waals surface area contributed by atoms with Crippen LogP contribution in [-0.2, 0) is 6.54 Å². The van der Waals surface area contributed by atoms with Crippen LogP contribution in [-0.4, -0.2) is 21.4 Å². The lowest BCUT2D eigenvalue weighted by Gasteiger charge is -2.09. The summed E-state index contributed by atoms with van der Waals surface area (Å²) >= 11 is 0. The SMILES string of the molecule is CC1(C)CC1NCc1ccc(O)c(O)c1O. The summed E-state index contributed by atoms with van der Waals surface area (Å²) in [5, 5.41) is 31.4. The van der Waals surface area contributed by atoms with Crippen molar-refractivity contribution >= 4 is 0 Å². The van der Waals surface area contributed by atoms with Crippen LogP contribution < -0.4 is 5.32 Å². The van der Waals surface area contributed by atoms with Gasteiger partial charge in [-0.2, -0.15) is 0 Å². The standard InChI is InChI=1S/C12H17NO3/c1-12(2)5-9(12)13-6-7-3-4-8(14)11(16)10(7)15/h3-4,9,13-16H,5-6H2,1-2H3. The zero-order valence-corrected chi connectivity index (χ0v) is 9.49. The average molecular weight is 223 g/mol. The van der Waals surface area contributed by atoms with Gasteiger partial charge in [-0.05, 0) is 17.9 Å². The minimum atomic E-state index is -0.450. The van der Waals surface area contributed by atoms with E-state index >= 15 is 0 Å². The summed E-state index contributed by atoms with van der Waals surface area (Å²) in [7, 11) is 0. The third kappa shape index (κ3) is 1.93. The Morgan fingerprint density at radius 1 is 1.25 bits per heavy atom. The molecule has 1 fully saturated rings. The van der Waals surface area contributed by atoms with E-state index in [1.165, 1.54) is 6.07 Å². The molecule has 1 saturated carbocycles. The van der Waals surface area contributed by atoms with Crippen molar-refractivity contribution in [3.63, 3.8) is 0 Å². The molecule has 1 unspecified atom stereocenters. The van der Waals surface area contributed by atoms with Gasteiger partial charge in [-0.15, -0.1) is 0 Å². The predicted octanol–water partition coefficient (Wildman–Crippen LogP) is 1.69. The summed E-state index contributed by atoms with van der Waals surface area (Å²) in [6, 6.07) is 3.44. The van der Waals surface area contributed by atoms with E-state index in [9.17, 15) is 10.2 Å². The second-order valence-electron chi connectivity index (χ2n) is 5.07. The molecular formula is C12H17NO3. The maximum absolute atomic E-state index is 9.59. The molecule has 16 heavy (non-hydrogen) atoms. The van der Waals surface area contributed by atoms with Crippen molar-refractivity contribution < 1.29 is 15.3 Å². The van der Waals surface area contributed by atoms with Crippen LogP contribution in [0.15, 0.2) is 12.1 Å². The minimum absolute atomic E-state index is 0.244. The Labute approximate surface area is 94.5 Å². The van der Waals surface area contributed by atoms with Crippen LogP contribution in [0.4, 0.5) is 0 Å². The van der Waals surface area contributed by atoms with Crippen molar-refractivity contribution in [3.05, 3.63) is 17.7 Å². The molecule has 0 bridgehead atoms. The minimum Gasteiger partial charge on any atom is -0.504 e. The van der Waals surface area contributed by atoms with Crippen LogP contribution in [0.3, 0.4) is 0 Å². The average Bonchev–Trinajstić information content (AvgIpc) is 2.82. The zero-order chi connectivity index (χ0) is 11.9. The summed E-state index contributed by atoms with van der Waals surface area (Å²) in [6.07, 6.45) is 1.12. The molecule has 1 aromatic carbocycles. The van der Waals surface area contributed by atoms with Gasteiger partial charge < -0.3 is 20.6 Å². The van der Waals surface area contributed by atoms with Crippen molar-refractivity contribution in [2.45, 2.75) is 32.9 Å². The summed E-state index contributed by atoms with van der Waals surface area (Å²) in [6.45, 7) is 4.85. The number of benzene rings is 1. The molecule has 1 atom stereocenters. The highest BCUT2D eigenvalue weighted by molar-refractivity contribution is 5.53. The number of rotatable bonds is 3. The van der Waals surface area contributed by atoms with E-state index in [2.05, 4.69) is 19.2 Å². The van der Waals surface area contributed by atoms with Crippen molar-refractivity contribution in [3.8, 4) is 17.2 Å². The Balaban J connectivity index is 2.03. The van der Waals surface area contributed by atoms with E-state index in [-0.39, 0.29) is 11.5 Å². The van der Waals surface area contributed by atoms with Gasteiger partial charge in [0.15, 0.2) is 11.5 Å². The van der Waals surface area contributed by atoms with E-state index in [0.29, 0.717) is 23.6 Å². The van der Waals surface area contributed by atoms with Crippen LogP contribution in [0.1, 0.15) is 25.8 Å². The molecule has 0 aliphatic heterocycles. The first-order valence-electron chi connectivity index (χ1n) is 5.38. The molecule has 0 saturated heterocycles. The van der Waals surface area contributed by atoms with Crippen LogP contribution in [0.5, 0.6) is 17.2 Å². The van der Waals surface area contributed by atoms with Crippen molar-refractivity contribution in [2.75, 3.05) is 0 Å². The second-order valence-corrected chi connectivity index (χ2v) is 5.07. The van der Waals surface area contributed by atoms with Crippen LogP contribution in [0.25, 0.3) is 0 Å². The lowest BCUT2D eigenvalue weighted by molar-refractivity contribution is 0.363. The molecule has 1 aliphatic rings. The van der Waals surface area contributed by atoms with Gasteiger partial charge >= 0.3 is 0 Å². The van der Waals surface area contributed by atoms with Gasteiger partial charge in [-0.3, -0.25) is 0 Å². The smallest absolute Gasteiger partial charge is 0.200 e. The first-order valence-corrected chi connectivity index (χ1v) is 5.38. The number of aromatic hydroxyl groups is 3. The van der Waals surface area contributed by atoms with Gasteiger partial charge in [0.1, 0.15) is 0 Å². The highest BCUT2D eigenvalue weighted by Gasteiger charge is 2.45. The highest BCUT2D eigenvalue weighted by atomic mass is 16.3. The maximum atomic E-state index is 9.59. The topological polar surface area (TPSA) is 72.7 Å². The van der Waals surface area contributed by atoms with Gasteiger partial charge in [0.2, 0.25) is 5.75 Å². The summed E-state index contributed by atoms with van der Waals surface area (Å²) in [5.41, 5.74) is 0.923. The Morgan fingerprint density at radius 2 is 1.88 bits per heavy atom. The fraction of sp³-hybridized carbons (Fsp3) is 0.500. The van der Waals surface area contributed by atoms with E-state index < -0.39 is 5.75 Å². The van der Waals surface area contributed by atoms with E-state index in [1.807, 2.05) is 0 Å². The van der Waals surface area contributed by atoms with Crippen molar-refractivity contribution in [1.82, 2.24) is 5.32 Å². The van der Waals surface area contributed by atoms with E-state index in [1.54, 1.807) is 6.07 Å². The summed E-state index contributed by atoms with van der Waals surface area (Å²) in [4.78, 5) is 0. The third-order valence-electron chi connectivity index (χ3n) is 3.27. The highest BCUT2D eigenvalue weighted by Crippen LogP contribution is 2.45. The lowest BCUT2D eigenvalue weighted by Crippen LogP contribution is -2.19. The van der Waals surface area contributed by atoms with Gasteiger partial charge in [0.05, 0.1) is 0 Å². The molecule has 0 heterocycles. The second kappa shape index (κ2) is 3.56. The number of hydrogen-bond acceptors (Lipinski definition) is 4. The molecule has 2 rings (SSSR count). The molecule has 88 valence electrons. The maximum Gasteiger partial charge on any atom is 0.200 e. The molecule has 1 aliphatic carbocycles. The van der Waals surface area contributed by atoms with Crippen LogP contribution in [0.2, 0.25) is 0 Å². The van der Waals surface area contributed by atoms with Gasteiger partial charge in [0, 0.05) is 18.2 Å². The first kappa shape index (κ1) is 11.1. The monoisotopic (exact) mass is 223 g/mol. The third-order valence-corrected chi connectivity index (χ3v) is 3.27. The fourth-order valence-electron chi connectivity index (χ4n) is 1.80. The molecule has 4 heteroatoms. The Hall–Kier alpha value is -1.42. The number of hydrogen-bond donors (Lipinski definition) is 4. The molecule has 0 amide bonds. The number of nitrogens with one attached hydrogen (secondary N) is 1. The van der Waals surface area contributed by atoms with Gasteiger partial charge in [-0.25, -0.2) is 0 Å². The Kier molecular flexibility index (Phi) is 2.46. The van der Waals surface area contributed by atoms with Crippen molar-refractivity contribution in [2.24, 2.45) is 5.41 Å². The van der Waals surface area contributed by atoms with Gasteiger partial charge in [-0.1, -0.05) is 19.9 Å². The van der Waals surface area contributed by atoms with Crippen LogP contribution >= 0.6 is 0 Å². The number of phenolic OH excluding ortho intramolecular Hbond substituents is 3. The van der Waals surface area contributed by atoms with E-state index in [4.69, 9.17) is 5.11 Å². The molecule has 4 nitrogen and oxygen atoms in total. The molecular weight excluding hydrogens is 206 g/mol. The molecule has 0 spiro atoms. The summed E-state index contributed by atoms with van der Waals surface area (Å²) in [5.74, 6) is -0.992. The lowest BCUT2D eigenvalue weighted by atomic mass is 10.1. The Bertz CT molecular complexity index is 415. The van der Waals surface area contributed by atoms with Gasteiger partial charge in [0.25, 0.3) is 0 Å². The molecule has 4 N–H and O–H groups in total. The number of phenols is 3. The Morgan fingerprint density at radius 3 is 2.44 bits per heavy atom. The quantitative estimate of drug-likeness (QED) is 0.588. The van der Waals surface area contributed by atoms with Crippen LogP contribution in [0, 0.1) is 5.41 Å². The largest absolute Gasteiger partial charge is 0.504 e. The zero-order valence-electron chi connectivity index (χ0n) is 9.49. The summed E-state index contributed by atoms with van der Waals surface area (Å²) < 4.78 is 0. The molecule has 0 radical (unpaired) electrons. The first-order chi connectivity index (χ1) is 7.42. The normalized spacial score (nSPS) is 22.0. The fourth-order valence-corrected chi connectivity index (χ4v) is 1.80.